The van der Waals surface area contributed by atoms with Crippen LogP contribution in [0.2, 0.25) is 0 Å². The molecule has 2 aromatic rings. The number of hydrogen-bond donors (Lipinski definition) is 2. The average molecular weight is 373 g/mol. The van der Waals surface area contributed by atoms with E-state index in [0.29, 0.717) is 12.2 Å². The molecular formula is C20H23NO4S. The Morgan fingerprint density at radius 1 is 1.19 bits per heavy atom. The number of ether oxygens (including phenoxy) is 1. The van der Waals surface area contributed by atoms with Crippen molar-refractivity contribution in [3.05, 3.63) is 59.7 Å². The van der Waals surface area contributed by atoms with E-state index in [1.54, 1.807) is 7.11 Å². The number of hydrogen-bond acceptors (Lipinski definition) is 4. The van der Waals surface area contributed by atoms with Gasteiger partial charge in [-0.15, -0.1) is 11.8 Å². The van der Waals surface area contributed by atoms with Crippen LogP contribution >= 0.6 is 11.8 Å². The van der Waals surface area contributed by atoms with Crippen LogP contribution in [0.4, 0.5) is 5.69 Å². The Balaban J connectivity index is 1.91. The number of carbonyl (C=O) groups is 2. The molecule has 0 radical (unpaired) electrons. The number of carboxylic acids is 1. The molecule has 0 aliphatic rings. The fourth-order valence-electron chi connectivity index (χ4n) is 2.55. The van der Waals surface area contributed by atoms with Crippen LogP contribution in [0.1, 0.15) is 30.4 Å². The minimum atomic E-state index is -0.828. The maximum atomic E-state index is 12.3. The van der Waals surface area contributed by atoms with Crippen LogP contribution in [-0.2, 0) is 15.3 Å². The summed E-state index contributed by atoms with van der Waals surface area (Å²) in [4.78, 5) is 22.9. The van der Waals surface area contributed by atoms with Crippen molar-refractivity contribution in [1.29, 1.82) is 0 Å². The number of benzene rings is 2. The van der Waals surface area contributed by atoms with Gasteiger partial charge in [-0.05, 0) is 41.3 Å². The summed E-state index contributed by atoms with van der Waals surface area (Å²) in [5, 5.41) is 11.6. The molecule has 0 saturated heterocycles. The van der Waals surface area contributed by atoms with Gasteiger partial charge in [0.25, 0.3) is 0 Å². The van der Waals surface area contributed by atoms with Gasteiger partial charge in [-0.2, -0.15) is 0 Å². The zero-order valence-corrected chi connectivity index (χ0v) is 15.7. The van der Waals surface area contributed by atoms with Crippen molar-refractivity contribution in [3.8, 4) is 5.75 Å². The van der Waals surface area contributed by atoms with Gasteiger partial charge in [-0.1, -0.05) is 31.2 Å². The summed E-state index contributed by atoms with van der Waals surface area (Å²) in [6, 6.07) is 15.2. The van der Waals surface area contributed by atoms with E-state index in [9.17, 15) is 9.59 Å². The molecule has 0 bridgehead atoms. The highest BCUT2D eigenvalue weighted by Gasteiger charge is 2.12. The van der Waals surface area contributed by atoms with Crippen molar-refractivity contribution in [2.24, 2.45) is 0 Å². The van der Waals surface area contributed by atoms with Crippen LogP contribution in [0, 0.1) is 0 Å². The Morgan fingerprint density at radius 2 is 1.96 bits per heavy atom. The summed E-state index contributed by atoms with van der Waals surface area (Å²) in [5.41, 5.74) is 2.76. The van der Waals surface area contributed by atoms with Crippen molar-refractivity contribution in [1.82, 2.24) is 0 Å². The van der Waals surface area contributed by atoms with Crippen LogP contribution in [0.3, 0.4) is 0 Å². The van der Waals surface area contributed by atoms with Gasteiger partial charge in [0.15, 0.2) is 0 Å². The highest BCUT2D eigenvalue weighted by atomic mass is 32.2. The summed E-state index contributed by atoms with van der Waals surface area (Å²) >= 11 is 1.33. The minimum absolute atomic E-state index is 0.0596. The third-order valence-electron chi connectivity index (χ3n) is 3.86. The van der Waals surface area contributed by atoms with Crippen LogP contribution < -0.4 is 10.1 Å². The summed E-state index contributed by atoms with van der Waals surface area (Å²) in [5.74, 6) is 0.618. The number of amides is 1. The Kier molecular flexibility index (Phi) is 7.53. The molecule has 0 spiro atoms. The molecule has 0 aliphatic carbocycles. The van der Waals surface area contributed by atoms with E-state index in [2.05, 4.69) is 5.32 Å². The van der Waals surface area contributed by atoms with Crippen LogP contribution in [0.5, 0.6) is 5.75 Å². The van der Waals surface area contributed by atoms with E-state index < -0.39 is 5.97 Å². The lowest BCUT2D eigenvalue weighted by Gasteiger charge is -2.13. The molecule has 2 aromatic carbocycles. The first-order chi connectivity index (χ1) is 12.5. The van der Waals surface area contributed by atoms with E-state index in [1.165, 1.54) is 11.8 Å². The Labute approximate surface area is 157 Å². The van der Waals surface area contributed by atoms with Gasteiger partial charge in [-0.25, -0.2) is 0 Å². The van der Waals surface area contributed by atoms with E-state index in [-0.39, 0.29) is 17.6 Å². The van der Waals surface area contributed by atoms with Gasteiger partial charge in [0, 0.05) is 17.9 Å². The molecule has 26 heavy (non-hydrogen) atoms. The smallest absolute Gasteiger partial charge is 0.313 e. The number of methoxy groups -OCH3 is 1. The number of carboxylic acid groups (broad SMARTS) is 1. The molecule has 1 atom stereocenters. The topological polar surface area (TPSA) is 75.6 Å². The van der Waals surface area contributed by atoms with E-state index >= 15 is 0 Å². The number of rotatable bonds is 9. The second kappa shape index (κ2) is 9.87. The van der Waals surface area contributed by atoms with E-state index in [1.807, 2.05) is 55.5 Å². The van der Waals surface area contributed by atoms with Crippen molar-refractivity contribution in [2.45, 2.75) is 25.0 Å². The van der Waals surface area contributed by atoms with Crippen molar-refractivity contribution < 1.29 is 19.4 Å². The molecule has 0 heterocycles. The van der Waals surface area contributed by atoms with E-state index in [4.69, 9.17) is 9.84 Å². The van der Waals surface area contributed by atoms with E-state index in [0.717, 1.165) is 22.6 Å². The quantitative estimate of drug-likeness (QED) is 0.691. The zero-order chi connectivity index (χ0) is 18.9. The standard InChI is InChI=1S/C20H23NO4S/c1-14(16-6-4-8-18(11-16)25-2)9-19(22)21-17-7-3-5-15(10-17)12-26-13-20(23)24/h3-8,10-11,14H,9,12-13H2,1-2H3,(H,21,22)(H,23,24). The van der Waals surface area contributed by atoms with Crippen LogP contribution in [0.25, 0.3) is 0 Å². The summed E-state index contributed by atoms with van der Waals surface area (Å²) in [6.45, 7) is 2.01. The summed E-state index contributed by atoms with van der Waals surface area (Å²) < 4.78 is 5.23. The monoisotopic (exact) mass is 373 g/mol. The number of anilines is 1. The molecular weight excluding hydrogens is 350 g/mol. The fourth-order valence-corrected chi connectivity index (χ4v) is 3.24. The minimum Gasteiger partial charge on any atom is -0.497 e. The molecule has 2 rings (SSSR count). The van der Waals surface area contributed by atoms with Crippen molar-refractivity contribution in [3.63, 3.8) is 0 Å². The molecule has 0 fully saturated rings. The predicted octanol–water partition coefficient (Wildman–Crippen LogP) is 4.15. The van der Waals surface area contributed by atoms with Crippen LogP contribution in [0.15, 0.2) is 48.5 Å². The number of aliphatic carboxylic acids is 1. The maximum Gasteiger partial charge on any atom is 0.313 e. The molecule has 2 N–H and O–H groups in total. The highest BCUT2D eigenvalue weighted by Crippen LogP contribution is 2.24. The summed E-state index contributed by atoms with van der Waals surface area (Å²) in [7, 11) is 1.62. The predicted molar refractivity (Wildman–Crippen MR) is 105 cm³/mol. The molecule has 0 aliphatic heterocycles. The molecule has 0 aromatic heterocycles. The van der Waals surface area contributed by atoms with Gasteiger partial charge < -0.3 is 15.2 Å². The molecule has 1 amide bonds. The average Bonchev–Trinajstić information content (AvgIpc) is 2.61. The molecule has 138 valence electrons. The largest absolute Gasteiger partial charge is 0.497 e. The zero-order valence-electron chi connectivity index (χ0n) is 14.9. The van der Waals surface area contributed by atoms with Gasteiger partial charge in [0.05, 0.1) is 12.9 Å². The second-order valence-electron chi connectivity index (χ2n) is 6.02. The fraction of sp³-hybridized carbons (Fsp3) is 0.300. The molecule has 6 heteroatoms. The van der Waals surface area contributed by atoms with Gasteiger partial charge >= 0.3 is 5.97 Å². The normalized spacial score (nSPS) is 11.6. The number of thioether (sulfide) groups is 1. The third kappa shape index (κ3) is 6.44. The third-order valence-corrected chi connectivity index (χ3v) is 4.85. The first-order valence-corrected chi connectivity index (χ1v) is 9.45. The first-order valence-electron chi connectivity index (χ1n) is 8.30. The second-order valence-corrected chi connectivity index (χ2v) is 7.00. The van der Waals surface area contributed by atoms with Gasteiger partial charge in [0.1, 0.15) is 5.75 Å². The molecule has 0 saturated carbocycles. The van der Waals surface area contributed by atoms with Crippen molar-refractivity contribution >= 4 is 29.3 Å². The lowest BCUT2D eigenvalue weighted by atomic mass is 9.97. The Morgan fingerprint density at radius 3 is 2.69 bits per heavy atom. The lowest BCUT2D eigenvalue weighted by molar-refractivity contribution is -0.133. The van der Waals surface area contributed by atoms with Gasteiger partial charge in [0.2, 0.25) is 5.91 Å². The molecule has 5 nitrogen and oxygen atoms in total. The lowest BCUT2D eigenvalue weighted by Crippen LogP contribution is -2.14. The Hall–Kier alpha value is -2.47. The summed E-state index contributed by atoms with van der Waals surface area (Å²) in [6.07, 6.45) is 0.366. The van der Waals surface area contributed by atoms with Gasteiger partial charge in [-0.3, -0.25) is 9.59 Å². The molecule has 1 unspecified atom stereocenters. The number of nitrogens with one attached hydrogen (secondary N) is 1. The Bertz CT molecular complexity index is 763. The number of carbonyl (C=O) groups excluding carboxylic acids is 1. The SMILES string of the molecule is COc1cccc(C(C)CC(=O)Nc2cccc(CSCC(=O)O)c2)c1. The maximum absolute atomic E-state index is 12.3. The first kappa shape index (κ1) is 19.8. The highest BCUT2D eigenvalue weighted by molar-refractivity contribution is 7.99. The van der Waals surface area contributed by atoms with Crippen molar-refractivity contribution in [2.75, 3.05) is 18.2 Å². The van der Waals surface area contributed by atoms with Crippen LogP contribution in [-0.4, -0.2) is 29.8 Å².